The molecule has 0 unspecified atom stereocenters. The lowest BCUT2D eigenvalue weighted by molar-refractivity contribution is 0.0319. The maximum atomic E-state index is 12.3. The monoisotopic (exact) mass is 335 g/mol. The highest BCUT2D eigenvalue weighted by atomic mass is 16.5. The first-order chi connectivity index (χ1) is 12.0. The molecule has 0 bridgehead atoms. The van der Waals surface area contributed by atoms with E-state index >= 15 is 0 Å². The molecule has 1 atom stereocenters. The highest BCUT2D eigenvalue weighted by Crippen LogP contribution is 2.13. The molecule has 1 aromatic heterocycles. The van der Waals surface area contributed by atoms with Crippen molar-refractivity contribution < 1.29 is 14.3 Å². The van der Waals surface area contributed by atoms with Gasteiger partial charge in [-0.2, -0.15) is 5.10 Å². The molecule has 0 fully saturated rings. The van der Waals surface area contributed by atoms with E-state index in [0.29, 0.717) is 11.1 Å². The van der Waals surface area contributed by atoms with Crippen LogP contribution in [0.1, 0.15) is 33.2 Å². The lowest BCUT2D eigenvalue weighted by atomic mass is 10.1. The Morgan fingerprint density at radius 1 is 1.00 bits per heavy atom. The Bertz CT molecular complexity index is 869. The number of ether oxygens (including phenoxy) is 1. The standard InChI is InChI=1S/C19H17N3O3/c1-13-3-5-15(6-4-13)18(23)14(2)25-19(24)16-7-9-17(10-8-16)22-12-20-11-21-22/h3-12,14H,1-2H3/t14-/m0/s1. The van der Waals surface area contributed by atoms with E-state index < -0.39 is 12.1 Å². The van der Waals surface area contributed by atoms with Crippen molar-refractivity contribution in [1.29, 1.82) is 0 Å². The van der Waals surface area contributed by atoms with Gasteiger partial charge in [0.05, 0.1) is 11.3 Å². The van der Waals surface area contributed by atoms with Gasteiger partial charge < -0.3 is 4.74 Å². The van der Waals surface area contributed by atoms with E-state index in [1.165, 1.54) is 6.33 Å². The van der Waals surface area contributed by atoms with E-state index in [0.717, 1.165) is 11.3 Å². The van der Waals surface area contributed by atoms with Gasteiger partial charge in [-0.1, -0.05) is 29.8 Å². The van der Waals surface area contributed by atoms with E-state index in [4.69, 9.17) is 4.74 Å². The van der Waals surface area contributed by atoms with Crippen LogP contribution < -0.4 is 0 Å². The Balaban J connectivity index is 1.67. The number of carbonyl (C=O) groups is 2. The summed E-state index contributed by atoms with van der Waals surface area (Å²) in [6.07, 6.45) is 2.14. The summed E-state index contributed by atoms with van der Waals surface area (Å²) in [4.78, 5) is 28.4. The Kier molecular flexibility index (Phi) is 4.70. The van der Waals surface area contributed by atoms with Gasteiger partial charge in [-0.25, -0.2) is 14.5 Å². The molecule has 0 N–H and O–H groups in total. The van der Waals surface area contributed by atoms with E-state index in [-0.39, 0.29) is 5.78 Å². The molecule has 0 saturated heterocycles. The first kappa shape index (κ1) is 16.6. The zero-order valence-corrected chi connectivity index (χ0v) is 13.9. The maximum Gasteiger partial charge on any atom is 0.338 e. The molecule has 0 aliphatic carbocycles. The number of esters is 1. The fourth-order valence-electron chi connectivity index (χ4n) is 2.33. The third-order valence-corrected chi connectivity index (χ3v) is 3.78. The van der Waals surface area contributed by atoms with Crippen LogP contribution in [0.2, 0.25) is 0 Å². The molecule has 0 amide bonds. The van der Waals surface area contributed by atoms with E-state index in [1.807, 2.05) is 19.1 Å². The minimum absolute atomic E-state index is 0.229. The molecule has 2 aromatic carbocycles. The van der Waals surface area contributed by atoms with Gasteiger partial charge in [0.2, 0.25) is 5.78 Å². The number of rotatable bonds is 5. The summed E-state index contributed by atoms with van der Waals surface area (Å²) in [5.41, 5.74) is 2.73. The van der Waals surface area contributed by atoms with Crippen LogP contribution in [0.25, 0.3) is 5.69 Å². The summed E-state index contributed by atoms with van der Waals surface area (Å²) < 4.78 is 6.87. The van der Waals surface area contributed by atoms with Gasteiger partial charge >= 0.3 is 5.97 Å². The summed E-state index contributed by atoms with van der Waals surface area (Å²) >= 11 is 0. The molecule has 0 radical (unpaired) electrons. The van der Waals surface area contributed by atoms with Crippen LogP contribution in [-0.2, 0) is 4.74 Å². The van der Waals surface area contributed by atoms with Crippen LogP contribution >= 0.6 is 0 Å². The molecule has 126 valence electrons. The summed E-state index contributed by atoms with van der Waals surface area (Å²) in [5.74, 6) is -0.773. The van der Waals surface area contributed by atoms with Crippen molar-refractivity contribution in [2.45, 2.75) is 20.0 Å². The zero-order chi connectivity index (χ0) is 17.8. The summed E-state index contributed by atoms with van der Waals surface area (Å²) in [6.45, 7) is 3.52. The quantitative estimate of drug-likeness (QED) is 0.529. The fourth-order valence-corrected chi connectivity index (χ4v) is 2.33. The molecule has 25 heavy (non-hydrogen) atoms. The van der Waals surface area contributed by atoms with Crippen molar-refractivity contribution >= 4 is 11.8 Å². The lowest BCUT2D eigenvalue weighted by Crippen LogP contribution is -2.24. The Labute approximate surface area is 145 Å². The van der Waals surface area contributed by atoms with Crippen molar-refractivity contribution in [3.8, 4) is 5.69 Å². The third-order valence-electron chi connectivity index (χ3n) is 3.78. The normalized spacial score (nSPS) is 11.8. The lowest BCUT2D eigenvalue weighted by Gasteiger charge is -2.13. The van der Waals surface area contributed by atoms with Gasteiger partial charge in [0.1, 0.15) is 12.7 Å². The maximum absolute atomic E-state index is 12.3. The number of aryl methyl sites for hydroxylation is 1. The number of ketones is 1. The number of benzene rings is 2. The van der Waals surface area contributed by atoms with E-state index in [2.05, 4.69) is 10.1 Å². The summed E-state index contributed by atoms with van der Waals surface area (Å²) in [7, 11) is 0. The van der Waals surface area contributed by atoms with Crippen LogP contribution in [0, 0.1) is 6.92 Å². The van der Waals surface area contributed by atoms with Crippen molar-refractivity contribution in [2.24, 2.45) is 0 Å². The van der Waals surface area contributed by atoms with Gasteiger partial charge in [0.15, 0.2) is 6.10 Å². The van der Waals surface area contributed by atoms with Gasteiger partial charge in [-0.3, -0.25) is 4.79 Å². The Hall–Kier alpha value is -3.28. The van der Waals surface area contributed by atoms with Crippen molar-refractivity contribution in [3.05, 3.63) is 77.9 Å². The SMILES string of the molecule is Cc1ccc(C(=O)[C@H](C)OC(=O)c2ccc(-n3cncn3)cc2)cc1. The summed E-state index contributed by atoms with van der Waals surface area (Å²) in [5, 5.41) is 4.02. The Morgan fingerprint density at radius 2 is 1.64 bits per heavy atom. The number of nitrogens with zero attached hydrogens (tertiary/aromatic N) is 3. The van der Waals surface area contributed by atoms with Gasteiger partial charge in [-0.05, 0) is 38.1 Å². The molecule has 3 aromatic rings. The van der Waals surface area contributed by atoms with Gasteiger partial charge in [0.25, 0.3) is 0 Å². The molecule has 1 heterocycles. The number of aromatic nitrogens is 3. The molecule has 0 spiro atoms. The average Bonchev–Trinajstić information content (AvgIpc) is 3.16. The first-order valence-electron chi connectivity index (χ1n) is 7.81. The molecule has 0 aliphatic rings. The smallest absolute Gasteiger partial charge is 0.338 e. The number of Topliss-reactive ketones (excluding diaryl/α,β-unsaturated/α-hetero) is 1. The molecule has 0 saturated carbocycles. The molecule has 6 heteroatoms. The highest BCUT2D eigenvalue weighted by Gasteiger charge is 2.20. The van der Waals surface area contributed by atoms with Crippen molar-refractivity contribution in [3.63, 3.8) is 0 Å². The van der Waals surface area contributed by atoms with Crippen LogP contribution in [0.5, 0.6) is 0 Å². The molecule has 0 aliphatic heterocycles. The summed E-state index contributed by atoms with van der Waals surface area (Å²) in [6, 6.07) is 13.9. The Morgan fingerprint density at radius 3 is 2.24 bits per heavy atom. The highest BCUT2D eigenvalue weighted by molar-refractivity contribution is 6.01. The molecular formula is C19H17N3O3. The van der Waals surface area contributed by atoms with Gasteiger partial charge in [-0.15, -0.1) is 0 Å². The number of hydrogen-bond acceptors (Lipinski definition) is 5. The topological polar surface area (TPSA) is 74.1 Å². The second kappa shape index (κ2) is 7.09. The minimum atomic E-state index is -0.856. The van der Waals surface area contributed by atoms with E-state index in [1.54, 1.807) is 54.3 Å². The number of hydrogen-bond donors (Lipinski definition) is 0. The predicted octanol–water partition coefficient (Wildman–Crippen LogP) is 3.00. The third kappa shape index (κ3) is 3.80. The number of carbonyl (C=O) groups excluding carboxylic acids is 2. The van der Waals surface area contributed by atoms with Crippen molar-refractivity contribution in [1.82, 2.24) is 14.8 Å². The van der Waals surface area contributed by atoms with Crippen LogP contribution in [0.15, 0.2) is 61.2 Å². The zero-order valence-electron chi connectivity index (χ0n) is 13.9. The molecule has 6 nitrogen and oxygen atoms in total. The van der Waals surface area contributed by atoms with Gasteiger partial charge in [0, 0.05) is 5.56 Å². The second-order valence-electron chi connectivity index (χ2n) is 5.66. The molecular weight excluding hydrogens is 318 g/mol. The minimum Gasteiger partial charge on any atom is -0.451 e. The van der Waals surface area contributed by atoms with Crippen LogP contribution in [0.3, 0.4) is 0 Å². The van der Waals surface area contributed by atoms with E-state index in [9.17, 15) is 9.59 Å². The second-order valence-corrected chi connectivity index (χ2v) is 5.66. The predicted molar refractivity (Wildman–Crippen MR) is 91.7 cm³/mol. The molecule has 3 rings (SSSR count). The van der Waals surface area contributed by atoms with Crippen molar-refractivity contribution in [2.75, 3.05) is 0 Å². The first-order valence-corrected chi connectivity index (χ1v) is 7.81. The van der Waals surface area contributed by atoms with Crippen LogP contribution in [-0.4, -0.2) is 32.6 Å². The van der Waals surface area contributed by atoms with Crippen LogP contribution in [0.4, 0.5) is 0 Å². The fraction of sp³-hybridized carbons (Fsp3) is 0.158. The largest absolute Gasteiger partial charge is 0.451 e. The average molecular weight is 335 g/mol.